The van der Waals surface area contributed by atoms with Crippen LogP contribution in [0.15, 0.2) is 6.20 Å². The number of carbonyl (C=O) groups excluding carboxylic acids is 1. The minimum absolute atomic E-state index is 0.137. The second-order valence-electron chi connectivity index (χ2n) is 3.78. The summed E-state index contributed by atoms with van der Waals surface area (Å²) in [6.45, 7) is 0. The number of nitrogens with zero attached hydrogens (tertiary/aromatic N) is 2. The highest BCUT2D eigenvalue weighted by Gasteiger charge is 2.28. The molecule has 1 heterocycles. The number of alkyl halides is 1. The molecule has 15 heavy (non-hydrogen) atoms. The van der Waals surface area contributed by atoms with Crippen molar-refractivity contribution in [1.29, 1.82) is 0 Å². The topological polar surface area (TPSA) is 70.7 Å². The fraction of sp³-hybridized carbons (Fsp3) is 0.667. The molecule has 1 aliphatic rings. The van der Waals surface area contributed by atoms with Gasteiger partial charge in [0.25, 0.3) is 5.91 Å². The van der Waals surface area contributed by atoms with Crippen LogP contribution in [-0.2, 0) is 0 Å². The predicted octanol–water partition coefficient (Wildman–Crippen LogP) is 1.10. The average molecular weight is 273 g/mol. The van der Waals surface area contributed by atoms with Gasteiger partial charge in [0.15, 0.2) is 5.69 Å². The van der Waals surface area contributed by atoms with E-state index in [-0.39, 0.29) is 11.9 Å². The Hall–Kier alpha value is -0.910. The zero-order valence-electron chi connectivity index (χ0n) is 8.24. The summed E-state index contributed by atoms with van der Waals surface area (Å²) in [5.74, 6) is 0.405. The monoisotopic (exact) mass is 272 g/mol. The second kappa shape index (κ2) is 4.74. The molecule has 2 N–H and O–H groups in total. The van der Waals surface area contributed by atoms with Gasteiger partial charge < -0.3 is 5.32 Å². The van der Waals surface area contributed by atoms with Gasteiger partial charge in [-0.25, -0.2) is 0 Å². The average Bonchev–Trinajstić information content (AvgIpc) is 2.87. The van der Waals surface area contributed by atoms with Crippen molar-refractivity contribution >= 4 is 21.8 Å². The molecule has 0 radical (unpaired) electrons. The van der Waals surface area contributed by atoms with Crippen molar-refractivity contribution in [3.63, 3.8) is 0 Å². The SMILES string of the molecule is O=C(NC1CCCC1CBr)c1cn[nH]n1. The third kappa shape index (κ3) is 2.37. The lowest BCUT2D eigenvalue weighted by Gasteiger charge is -2.17. The van der Waals surface area contributed by atoms with Crippen molar-refractivity contribution in [2.75, 3.05) is 5.33 Å². The quantitative estimate of drug-likeness (QED) is 0.810. The van der Waals surface area contributed by atoms with Crippen molar-refractivity contribution in [1.82, 2.24) is 20.7 Å². The van der Waals surface area contributed by atoms with E-state index in [9.17, 15) is 4.79 Å². The van der Waals surface area contributed by atoms with Crippen molar-refractivity contribution in [3.05, 3.63) is 11.9 Å². The van der Waals surface area contributed by atoms with Crippen molar-refractivity contribution in [3.8, 4) is 0 Å². The smallest absolute Gasteiger partial charge is 0.273 e. The first-order valence-electron chi connectivity index (χ1n) is 5.04. The summed E-state index contributed by atoms with van der Waals surface area (Å²) in [6.07, 6.45) is 4.85. The Morgan fingerprint density at radius 2 is 2.53 bits per heavy atom. The number of rotatable bonds is 3. The largest absolute Gasteiger partial charge is 0.348 e. The maximum absolute atomic E-state index is 11.7. The first-order chi connectivity index (χ1) is 7.31. The molecule has 2 unspecified atom stereocenters. The minimum Gasteiger partial charge on any atom is -0.348 e. The molecule has 5 nitrogen and oxygen atoms in total. The number of hydrogen-bond acceptors (Lipinski definition) is 3. The lowest BCUT2D eigenvalue weighted by Crippen LogP contribution is -2.38. The van der Waals surface area contributed by atoms with E-state index in [0.717, 1.165) is 11.8 Å². The summed E-state index contributed by atoms with van der Waals surface area (Å²) in [6, 6.07) is 0.272. The van der Waals surface area contributed by atoms with Crippen LogP contribution in [0.5, 0.6) is 0 Å². The van der Waals surface area contributed by atoms with E-state index in [1.165, 1.54) is 19.0 Å². The molecular formula is C9H13BrN4O. The van der Waals surface area contributed by atoms with E-state index >= 15 is 0 Å². The van der Waals surface area contributed by atoms with Gasteiger partial charge in [-0.15, -0.1) is 0 Å². The van der Waals surface area contributed by atoms with Crippen LogP contribution in [0.2, 0.25) is 0 Å². The normalized spacial score (nSPS) is 25.4. The Morgan fingerprint density at radius 3 is 3.20 bits per heavy atom. The summed E-state index contributed by atoms with van der Waals surface area (Å²) in [5, 5.41) is 13.7. The zero-order valence-corrected chi connectivity index (χ0v) is 9.83. The van der Waals surface area contributed by atoms with Gasteiger partial charge in [0, 0.05) is 11.4 Å². The van der Waals surface area contributed by atoms with Gasteiger partial charge in [-0.3, -0.25) is 4.79 Å². The molecule has 0 spiro atoms. The number of nitrogens with one attached hydrogen (secondary N) is 2. The Bertz CT molecular complexity index is 327. The highest BCUT2D eigenvalue weighted by molar-refractivity contribution is 9.09. The molecule has 1 fully saturated rings. The van der Waals surface area contributed by atoms with E-state index < -0.39 is 0 Å². The Kier molecular flexibility index (Phi) is 3.35. The van der Waals surface area contributed by atoms with Crippen LogP contribution in [0.25, 0.3) is 0 Å². The molecule has 1 saturated carbocycles. The summed E-state index contributed by atoms with van der Waals surface area (Å²) < 4.78 is 0. The number of aromatic amines is 1. The van der Waals surface area contributed by atoms with Gasteiger partial charge in [0.2, 0.25) is 0 Å². The number of hydrogen-bond donors (Lipinski definition) is 2. The highest BCUT2D eigenvalue weighted by Crippen LogP contribution is 2.27. The number of carbonyl (C=O) groups is 1. The minimum atomic E-state index is -0.137. The fourth-order valence-corrected chi connectivity index (χ4v) is 2.74. The summed E-state index contributed by atoms with van der Waals surface area (Å²) in [4.78, 5) is 11.7. The van der Waals surface area contributed by atoms with Gasteiger partial charge in [-0.05, 0) is 18.8 Å². The number of halogens is 1. The van der Waals surface area contributed by atoms with Crippen LogP contribution >= 0.6 is 15.9 Å². The predicted molar refractivity (Wildman–Crippen MR) is 58.8 cm³/mol. The third-order valence-corrected chi connectivity index (χ3v) is 3.65. The summed E-state index contributed by atoms with van der Waals surface area (Å²) in [5.41, 5.74) is 0.357. The molecule has 82 valence electrons. The molecule has 0 aromatic carbocycles. The molecule has 1 aliphatic carbocycles. The van der Waals surface area contributed by atoms with Crippen LogP contribution in [0.1, 0.15) is 29.8 Å². The Morgan fingerprint density at radius 1 is 1.67 bits per heavy atom. The van der Waals surface area contributed by atoms with Crippen LogP contribution < -0.4 is 5.32 Å². The molecule has 1 aromatic rings. The van der Waals surface area contributed by atoms with Gasteiger partial charge in [0.1, 0.15) is 0 Å². The molecule has 2 rings (SSSR count). The zero-order chi connectivity index (χ0) is 10.7. The first kappa shape index (κ1) is 10.6. The van der Waals surface area contributed by atoms with Gasteiger partial charge in [-0.1, -0.05) is 22.4 Å². The lowest BCUT2D eigenvalue weighted by atomic mass is 10.1. The van der Waals surface area contributed by atoms with E-state index in [4.69, 9.17) is 0 Å². The number of amides is 1. The van der Waals surface area contributed by atoms with Crippen LogP contribution in [0.4, 0.5) is 0 Å². The lowest BCUT2D eigenvalue weighted by molar-refractivity contribution is 0.0925. The third-order valence-electron chi connectivity index (χ3n) is 2.82. The summed E-state index contributed by atoms with van der Waals surface area (Å²) in [7, 11) is 0. The first-order valence-corrected chi connectivity index (χ1v) is 6.16. The van der Waals surface area contributed by atoms with Crippen LogP contribution in [0, 0.1) is 5.92 Å². The number of aromatic nitrogens is 3. The maximum Gasteiger partial charge on any atom is 0.273 e. The molecule has 0 aliphatic heterocycles. The molecule has 2 atom stereocenters. The van der Waals surface area contributed by atoms with E-state index in [0.29, 0.717) is 11.6 Å². The Labute approximate surface area is 96.1 Å². The fourth-order valence-electron chi connectivity index (χ4n) is 1.96. The van der Waals surface area contributed by atoms with Crippen LogP contribution in [0.3, 0.4) is 0 Å². The van der Waals surface area contributed by atoms with E-state index in [2.05, 4.69) is 36.7 Å². The van der Waals surface area contributed by atoms with Crippen molar-refractivity contribution in [2.24, 2.45) is 5.92 Å². The van der Waals surface area contributed by atoms with E-state index in [1.54, 1.807) is 0 Å². The standard InChI is InChI=1S/C9H13BrN4O/c10-4-6-2-1-3-7(6)12-9(15)8-5-11-14-13-8/h5-7H,1-4H2,(H,12,15)(H,11,13,14). The van der Waals surface area contributed by atoms with Crippen molar-refractivity contribution < 1.29 is 4.79 Å². The number of H-pyrrole nitrogens is 1. The summed E-state index contributed by atoms with van der Waals surface area (Å²) >= 11 is 3.47. The molecule has 6 heteroatoms. The second-order valence-corrected chi connectivity index (χ2v) is 4.43. The van der Waals surface area contributed by atoms with Gasteiger partial charge in [-0.2, -0.15) is 15.4 Å². The van der Waals surface area contributed by atoms with Gasteiger partial charge in [0.05, 0.1) is 6.20 Å². The van der Waals surface area contributed by atoms with Gasteiger partial charge >= 0.3 is 0 Å². The van der Waals surface area contributed by atoms with Crippen molar-refractivity contribution in [2.45, 2.75) is 25.3 Å². The molecule has 0 saturated heterocycles. The van der Waals surface area contributed by atoms with Crippen LogP contribution in [-0.4, -0.2) is 32.7 Å². The maximum atomic E-state index is 11.7. The molecule has 0 bridgehead atoms. The molecule has 1 aromatic heterocycles. The Balaban J connectivity index is 1.94. The van der Waals surface area contributed by atoms with E-state index in [1.807, 2.05) is 0 Å². The molecule has 1 amide bonds. The highest BCUT2D eigenvalue weighted by atomic mass is 79.9. The molecular weight excluding hydrogens is 260 g/mol.